The Morgan fingerprint density at radius 3 is 2.50 bits per heavy atom. The van der Waals surface area contributed by atoms with Crippen LogP contribution >= 0.6 is 0 Å². The molecule has 4 heterocycles. The van der Waals surface area contributed by atoms with E-state index < -0.39 is 0 Å². The fourth-order valence-electron chi connectivity index (χ4n) is 3.43. The molecule has 5 nitrogen and oxygen atoms in total. The number of aromatic nitrogens is 4. The minimum Gasteiger partial charge on any atom is -0.438 e. The van der Waals surface area contributed by atoms with Gasteiger partial charge in [-0.05, 0) is 18.2 Å². The number of hydrogen-bond acceptors (Lipinski definition) is 4. The molecule has 0 amide bonds. The van der Waals surface area contributed by atoms with Gasteiger partial charge in [0.1, 0.15) is 5.58 Å². The van der Waals surface area contributed by atoms with Crippen LogP contribution in [0.1, 0.15) is 26.5 Å². The lowest BCUT2D eigenvalue weighted by Gasteiger charge is -2.17. The molecule has 0 unspecified atom stereocenters. The molecule has 0 aliphatic rings. The maximum atomic E-state index is 6.39. The summed E-state index contributed by atoms with van der Waals surface area (Å²) in [6, 6.07) is 12.0. The van der Waals surface area contributed by atoms with Gasteiger partial charge in [0.2, 0.25) is 11.5 Å². The molecule has 0 saturated heterocycles. The highest BCUT2D eigenvalue weighted by Gasteiger charge is 2.23. The van der Waals surface area contributed by atoms with Crippen LogP contribution in [0.15, 0.2) is 59.4 Å². The van der Waals surface area contributed by atoms with Crippen LogP contribution in [0, 0.1) is 0 Å². The lowest BCUT2D eigenvalue weighted by Crippen LogP contribution is -2.14. The number of rotatable bonds is 1. The maximum Gasteiger partial charge on any atom is 0.236 e. The molecule has 0 bridgehead atoms. The summed E-state index contributed by atoms with van der Waals surface area (Å²) in [5, 5.41) is 2.01. The number of hydrogen-bond donors (Lipinski definition) is 0. The van der Waals surface area contributed by atoms with Crippen molar-refractivity contribution in [3.05, 3.63) is 60.7 Å². The van der Waals surface area contributed by atoms with Gasteiger partial charge in [-0.3, -0.25) is 4.98 Å². The zero-order valence-electron chi connectivity index (χ0n) is 14.9. The average molecular weight is 342 g/mol. The van der Waals surface area contributed by atoms with Crippen molar-refractivity contribution in [2.24, 2.45) is 0 Å². The number of pyridine rings is 1. The summed E-state index contributed by atoms with van der Waals surface area (Å²) in [5.74, 6) is 0.654. The Kier molecular flexibility index (Phi) is 2.98. The van der Waals surface area contributed by atoms with E-state index in [2.05, 4.69) is 41.8 Å². The van der Waals surface area contributed by atoms with Crippen LogP contribution < -0.4 is 0 Å². The number of fused-ring (bicyclic) bond motifs is 5. The van der Waals surface area contributed by atoms with E-state index in [4.69, 9.17) is 4.42 Å². The summed E-state index contributed by atoms with van der Waals surface area (Å²) in [5.41, 5.74) is 4.47. The van der Waals surface area contributed by atoms with Gasteiger partial charge in [-0.1, -0.05) is 39.0 Å². The molecule has 0 N–H and O–H groups in total. The third-order valence-electron chi connectivity index (χ3n) is 4.70. The highest BCUT2D eigenvalue weighted by Crippen LogP contribution is 2.36. The SMILES string of the molecule is CC(C)(C)c1cnc2ncc3c4cccc(-c5ccccn5)c4oc3n12. The minimum atomic E-state index is -0.0713. The summed E-state index contributed by atoms with van der Waals surface area (Å²) >= 11 is 0. The van der Waals surface area contributed by atoms with Crippen molar-refractivity contribution >= 4 is 27.8 Å². The molecule has 0 aliphatic heterocycles. The zero-order valence-corrected chi connectivity index (χ0v) is 14.9. The number of benzene rings is 1. The summed E-state index contributed by atoms with van der Waals surface area (Å²) in [6.45, 7) is 6.49. The lowest BCUT2D eigenvalue weighted by molar-refractivity contribution is 0.554. The molecule has 0 atom stereocenters. The Hall–Kier alpha value is -3.21. The Morgan fingerprint density at radius 1 is 0.885 bits per heavy atom. The topological polar surface area (TPSA) is 56.2 Å². The quantitative estimate of drug-likeness (QED) is 0.431. The van der Waals surface area contributed by atoms with Crippen molar-refractivity contribution in [3.63, 3.8) is 0 Å². The standard InChI is InChI=1S/C21H18N4O/c1-21(2,3)17-12-24-20-23-11-15-13-7-6-8-14(16-9-4-5-10-22-16)18(13)26-19(15)25(17)20/h4-12H,1-3H3. The summed E-state index contributed by atoms with van der Waals surface area (Å²) in [7, 11) is 0. The smallest absolute Gasteiger partial charge is 0.236 e. The molecule has 26 heavy (non-hydrogen) atoms. The molecule has 128 valence electrons. The molecule has 5 aromatic rings. The monoisotopic (exact) mass is 342 g/mol. The summed E-state index contributed by atoms with van der Waals surface area (Å²) in [4.78, 5) is 13.5. The van der Waals surface area contributed by atoms with E-state index >= 15 is 0 Å². The highest BCUT2D eigenvalue weighted by molar-refractivity contribution is 6.08. The molecule has 0 spiro atoms. The number of para-hydroxylation sites is 1. The van der Waals surface area contributed by atoms with Crippen molar-refractivity contribution in [3.8, 4) is 11.3 Å². The molecule has 0 radical (unpaired) electrons. The van der Waals surface area contributed by atoms with Gasteiger partial charge in [-0.2, -0.15) is 0 Å². The Balaban J connectivity index is 1.93. The van der Waals surface area contributed by atoms with Crippen LogP contribution in [-0.4, -0.2) is 19.4 Å². The van der Waals surface area contributed by atoms with Gasteiger partial charge < -0.3 is 4.42 Å². The molecule has 0 aliphatic carbocycles. The van der Waals surface area contributed by atoms with Gasteiger partial charge in [0, 0.05) is 28.8 Å². The molecule has 5 rings (SSSR count). The summed E-state index contributed by atoms with van der Waals surface area (Å²) in [6.07, 6.45) is 5.52. The first-order valence-electron chi connectivity index (χ1n) is 8.63. The Labute approximate surface area is 150 Å². The van der Waals surface area contributed by atoms with E-state index in [-0.39, 0.29) is 5.41 Å². The van der Waals surface area contributed by atoms with Crippen LogP contribution in [0.5, 0.6) is 0 Å². The fourth-order valence-corrected chi connectivity index (χ4v) is 3.43. The van der Waals surface area contributed by atoms with E-state index in [1.54, 1.807) is 6.20 Å². The lowest BCUT2D eigenvalue weighted by atomic mass is 9.93. The second-order valence-corrected chi connectivity index (χ2v) is 7.51. The molecule has 0 fully saturated rings. The normalized spacial score (nSPS) is 12.4. The predicted molar refractivity (Wildman–Crippen MR) is 102 cm³/mol. The van der Waals surface area contributed by atoms with Crippen molar-refractivity contribution < 1.29 is 4.42 Å². The van der Waals surface area contributed by atoms with Gasteiger partial charge in [-0.15, -0.1) is 0 Å². The summed E-state index contributed by atoms with van der Waals surface area (Å²) < 4.78 is 8.41. The predicted octanol–water partition coefficient (Wildman–Crippen LogP) is 4.99. The van der Waals surface area contributed by atoms with Crippen molar-refractivity contribution in [1.82, 2.24) is 19.4 Å². The first-order chi connectivity index (χ1) is 12.5. The van der Waals surface area contributed by atoms with Gasteiger partial charge >= 0.3 is 0 Å². The Morgan fingerprint density at radius 2 is 1.73 bits per heavy atom. The number of nitrogens with zero attached hydrogens (tertiary/aromatic N) is 4. The van der Waals surface area contributed by atoms with E-state index in [0.717, 1.165) is 39.0 Å². The van der Waals surface area contributed by atoms with Crippen LogP contribution in [0.25, 0.3) is 39.1 Å². The maximum absolute atomic E-state index is 6.39. The molecule has 0 saturated carbocycles. The third-order valence-corrected chi connectivity index (χ3v) is 4.70. The van der Waals surface area contributed by atoms with Crippen molar-refractivity contribution in [2.75, 3.05) is 0 Å². The van der Waals surface area contributed by atoms with Gasteiger partial charge in [-0.25, -0.2) is 14.4 Å². The van der Waals surface area contributed by atoms with E-state index in [1.807, 2.05) is 47.1 Å². The van der Waals surface area contributed by atoms with E-state index in [9.17, 15) is 0 Å². The molecular formula is C21H18N4O. The van der Waals surface area contributed by atoms with E-state index in [1.165, 1.54) is 0 Å². The number of imidazole rings is 1. The van der Waals surface area contributed by atoms with Crippen LogP contribution in [0.4, 0.5) is 0 Å². The van der Waals surface area contributed by atoms with Gasteiger partial charge in [0.25, 0.3) is 0 Å². The fraction of sp³-hybridized carbons (Fsp3) is 0.190. The van der Waals surface area contributed by atoms with Gasteiger partial charge in [0.15, 0.2) is 0 Å². The highest BCUT2D eigenvalue weighted by atomic mass is 16.3. The molecule has 1 aromatic carbocycles. The molecule has 4 aromatic heterocycles. The average Bonchev–Trinajstić information content (AvgIpc) is 3.23. The first kappa shape index (κ1) is 15.1. The minimum absolute atomic E-state index is 0.0713. The van der Waals surface area contributed by atoms with Crippen LogP contribution in [0.3, 0.4) is 0 Å². The third kappa shape index (κ3) is 2.07. The van der Waals surface area contributed by atoms with Crippen molar-refractivity contribution in [1.29, 1.82) is 0 Å². The molecular weight excluding hydrogens is 324 g/mol. The zero-order chi connectivity index (χ0) is 17.9. The largest absolute Gasteiger partial charge is 0.438 e. The van der Waals surface area contributed by atoms with Crippen LogP contribution in [0.2, 0.25) is 0 Å². The van der Waals surface area contributed by atoms with Crippen molar-refractivity contribution in [2.45, 2.75) is 26.2 Å². The second-order valence-electron chi connectivity index (χ2n) is 7.51. The molecule has 5 heteroatoms. The second kappa shape index (κ2) is 5.14. The van der Waals surface area contributed by atoms with Crippen LogP contribution in [-0.2, 0) is 5.41 Å². The number of furan rings is 1. The first-order valence-corrected chi connectivity index (χ1v) is 8.63. The van der Waals surface area contributed by atoms with E-state index in [0.29, 0.717) is 5.78 Å². The Bertz CT molecular complexity index is 1260. The van der Waals surface area contributed by atoms with Gasteiger partial charge in [0.05, 0.1) is 23.0 Å².